The Kier molecular flexibility index (Phi) is 5.02. The van der Waals surface area contributed by atoms with Gasteiger partial charge in [-0.1, -0.05) is 9.95 Å². The van der Waals surface area contributed by atoms with Crippen LogP contribution >= 0.6 is 0 Å². The van der Waals surface area contributed by atoms with Gasteiger partial charge in [-0.15, -0.1) is 0 Å². The van der Waals surface area contributed by atoms with E-state index in [1.807, 2.05) is 0 Å². The molecule has 1 fully saturated rings. The molecule has 1 amide bonds. The number of benzene rings is 1. The number of halogens is 1. The second-order valence-electron chi connectivity index (χ2n) is 5.63. The van der Waals surface area contributed by atoms with E-state index >= 15 is 0 Å². The number of aromatic nitrogens is 1. The van der Waals surface area contributed by atoms with Crippen molar-refractivity contribution in [2.45, 2.75) is 6.42 Å². The van der Waals surface area contributed by atoms with E-state index in [0.717, 1.165) is 18.5 Å². The molecule has 0 aliphatic carbocycles. The van der Waals surface area contributed by atoms with E-state index in [1.165, 1.54) is 10.4 Å². The fourth-order valence-corrected chi connectivity index (χ4v) is 4.45. The molecule has 0 spiro atoms. The molecular weight excluding hydrogens is 401 g/mol. The molecule has 1 aromatic carbocycles. The van der Waals surface area contributed by atoms with Crippen LogP contribution in [0.1, 0.15) is 16.8 Å². The Morgan fingerprint density at radius 1 is 1.26 bits per heavy atom. The van der Waals surface area contributed by atoms with Crippen LogP contribution in [0.25, 0.3) is 0 Å². The number of nitrogens with one attached hydrogen (secondary N) is 1. The molecule has 144 valence electrons. The topological polar surface area (TPSA) is 123 Å². The largest absolute Gasteiger partial charge is 0.488 e. The summed E-state index contributed by atoms with van der Waals surface area (Å²) in [6, 6.07) is 7.27. The number of pyridine rings is 1. The Morgan fingerprint density at radius 3 is 2.70 bits per heavy atom. The van der Waals surface area contributed by atoms with Gasteiger partial charge in [0.25, 0.3) is 5.91 Å². The molecule has 1 aliphatic rings. The van der Waals surface area contributed by atoms with Crippen molar-refractivity contribution in [1.29, 1.82) is 0 Å². The summed E-state index contributed by atoms with van der Waals surface area (Å²) in [7, 11) is -8.60. The van der Waals surface area contributed by atoms with Gasteiger partial charge < -0.3 is 9.50 Å². The molecule has 0 bridgehead atoms. The lowest BCUT2D eigenvalue weighted by molar-refractivity contribution is 0.102. The van der Waals surface area contributed by atoms with E-state index in [9.17, 15) is 25.5 Å². The van der Waals surface area contributed by atoms with Crippen LogP contribution in [0.3, 0.4) is 0 Å². The molecule has 1 aromatic heterocycles. The maximum absolute atomic E-state index is 12.6. The minimum absolute atomic E-state index is 0.0690. The van der Waals surface area contributed by atoms with E-state index in [2.05, 4.69) is 14.5 Å². The van der Waals surface area contributed by atoms with Gasteiger partial charge in [-0.3, -0.25) is 14.1 Å². The third-order valence-corrected chi connectivity index (χ3v) is 5.92. The van der Waals surface area contributed by atoms with Crippen LogP contribution in [-0.4, -0.2) is 40.0 Å². The predicted octanol–water partition coefficient (Wildman–Crippen LogP) is 1.47. The maximum atomic E-state index is 12.6. The van der Waals surface area contributed by atoms with E-state index in [0.29, 0.717) is 24.3 Å². The van der Waals surface area contributed by atoms with Gasteiger partial charge in [0.2, 0.25) is 10.0 Å². The number of amides is 1. The van der Waals surface area contributed by atoms with Crippen LogP contribution in [0.15, 0.2) is 42.7 Å². The SMILES string of the molecule is O=C(Nc1cccc(N2CCCS2(=O)=O)c1)c1cncc(OS(=O)(=O)F)c1. The van der Waals surface area contributed by atoms with Crippen molar-refractivity contribution in [2.24, 2.45) is 0 Å². The summed E-state index contributed by atoms with van der Waals surface area (Å²) < 4.78 is 62.9. The first-order valence-corrected chi connectivity index (χ1v) is 10.6. The summed E-state index contributed by atoms with van der Waals surface area (Å²) in [6.45, 7) is 0.362. The van der Waals surface area contributed by atoms with Crippen LogP contribution < -0.4 is 13.8 Å². The Labute approximate surface area is 155 Å². The monoisotopic (exact) mass is 415 g/mol. The highest BCUT2D eigenvalue weighted by molar-refractivity contribution is 7.93. The third kappa shape index (κ3) is 4.71. The lowest BCUT2D eigenvalue weighted by Gasteiger charge is -2.17. The van der Waals surface area contributed by atoms with Gasteiger partial charge in [-0.05, 0) is 30.7 Å². The first kappa shape index (κ1) is 19.0. The minimum atomic E-state index is -5.24. The van der Waals surface area contributed by atoms with Crippen LogP contribution in [-0.2, 0) is 20.5 Å². The van der Waals surface area contributed by atoms with Gasteiger partial charge in [0.15, 0.2) is 5.75 Å². The molecule has 0 atom stereocenters. The lowest BCUT2D eigenvalue weighted by atomic mass is 10.2. The van der Waals surface area contributed by atoms with Gasteiger partial charge in [0.05, 0.1) is 23.2 Å². The Bertz CT molecular complexity index is 1090. The molecule has 1 saturated heterocycles. The normalized spacial score (nSPS) is 16.1. The first-order chi connectivity index (χ1) is 12.6. The van der Waals surface area contributed by atoms with E-state index in [1.54, 1.807) is 18.2 Å². The Morgan fingerprint density at radius 2 is 2.04 bits per heavy atom. The fourth-order valence-electron chi connectivity index (χ4n) is 2.58. The zero-order chi connectivity index (χ0) is 19.7. The highest BCUT2D eigenvalue weighted by Gasteiger charge is 2.28. The van der Waals surface area contributed by atoms with E-state index < -0.39 is 32.2 Å². The van der Waals surface area contributed by atoms with E-state index in [-0.39, 0.29) is 11.3 Å². The molecule has 0 saturated carbocycles. The number of carbonyl (C=O) groups is 1. The van der Waals surface area contributed by atoms with Crippen LogP contribution in [0.4, 0.5) is 15.3 Å². The summed E-state index contributed by atoms with van der Waals surface area (Å²) in [5.74, 6) is -1.05. The van der Waals surface area contributed by atoms with Crippen molar-refractivity contribution in [3.8, 4) is 5.75 Å². The lowest BCUT2D eigenvalue weighted by Crippen LogP contribution is -2.25. The molecule has 1 aliphatic heterocycles. The molecule has 1 N–H and O–H groups in total. The predicted molar refractivity (Wildman–Crippen MR) is 95.0 cm³/mol. The maximum Gasteiger partial charge on any atom is 0.488 e. The number of sulfonamides is 1. The van der Waals surface area contributed by atoms with Crippen LogP contribution in [0.2, 0.25) is 0 Å². The summed E-state index contributed by atoms with van der Waals surface area (Å²) in [6.07, 6.45) is 2.60. The van der Waals surface area contributed by atoms with Gasteiger partial charge in [-0.25, -0.2) is 8.42 Å². The standard InChI is InChI=1S/C15H14FN3O6S2/c16-27(23,24)25-14-7-11(9-17-10-14)15(20)18-12-3-1-4-13(8-12)19-5-2-6-26(19,21)22/h1,3-4,7-10H,2,5-6H2,(H,18,20). The number of rotatable bonds is 5. The van der Waals surface area contributed by atoms with Gasteiger partial charge in [0, 0.05) is 18.4 Å². The first-order valence-electron chi connectivity index (χ1n) is 7.65. The number of carbonyl (C=O) groups excluding carboxylic acids is 1. The highest BCUT2D eigenvalue weighted by Crippen LogP contribution is 2.26. The molecule has 2 heterocycles. The smallest absolute Gasteiger partial charge is 0.357 e. The van der Waals surface area contributed by atoms with E-state index in [4.69, 9.17) is 0 Å². The number of hydrogen-bond donors (Lipinski definition) is 1. The summed E-state index contributed by atoms with van der Waals surface area (Å²) >= 11 is 0. The van der Waals surface area contributed by atoms with Crippen LogP contribution in [0, 0.1) is 0 Å². The number of anilines is 2. The van der Waals surface area contributed by atoms with Crippen molar-refractivity contribution in [3.63, 3.8) is 0 Å². The van der Waals surface area contributed by atoms with Crippen molar-refractivity contribution < 1.29 is 29.7 Å². The van der Waals surface area contributed by atoms with Gasteiger partial charge in [-0.2, -0.15) is 8.42 Å². The van der Waals surface area contributed by atoms with Crippen molar-refractivity contribution in [2.75, 3.05) is 21.9 Å². The fraction of sp³-hybridized carbons (Fsp3) is 0.200. The molecule has 12 heteroatoms. The van der Waals surface area contributed by atoms with Crippen molar-refractivity contribution in [1.82, 2.24) is 4.98 Å². The second kappa shape index (κ2) is 7.12. The summed E-state index contributed by atoms with van der Waals surface area (Å²) in [4.78, 5) is 15.9. The Hall–Kier alpha value is -2.73. The summed E-state index contributed by atoms with van der Waals surface area (Å²) in [5, 5.41) is 2.54. The second-order valence-corrected chi connectivity index (χ2v) is 8.60. The molecule has 2 aromatic rings. The molecule has 3 rings (SSSR count). The van der Waals surface area contributed by atoms with Crippen LogP contribution in [0.5, 0.6) is 5.75 Å². The zero-order valence-electron chi connectivity index (χ0n) is 13.7. The minimum Gasteiger partial charge on any atom is -0.357 e. The average molecular weight is 415 g/mol. The average Bonchev–Trinajstić information content (AvgIpc) is 2.93. The molecule has 0 unspecified atom stereocenters. The van der Waals surface area contributed by atoms with Crippen molar-refractivity contribution in [3.05, 3.63) is 48.3 Å². The number of hydrogen-bond acceptors (Lipinski definition) is 7. The highest BCUT2D eigenvalue weighted by atomic mass is 32.3. The summed E-state index contributed by atoms with van der Waals surface area (Å²) in [5.41, 5.74) is 0.670. The quantitative estimate of drug-likeness (QED) is 0.734. The molecule has 0 radical (unpaired) electrons. The third-order valence-electron chi connectivity index (χ3n) is 3.66. The molecule has 9 nitrogen and oxygen atoms in total. The molecular formula is C15H14FN3O6S2. The zero-order valence-corrected chi connectivity index (χ0v) is 15.3. The molecule has 27 heavy (non-hydrogen) atoms. The Balaban J connectivity index is 1.79. The van der Waals surface area contributed by atoms with Gasteiger partial charge in [0.1, 0.15) is 0 Å². The number of nitrogens with zero attached hydrogens (tertiary/aromatic N) is 2. The van der Waals surface area contributed by atoms with Crippen molar-refractivity contribution >= 4 is 37.8 Å². The van der Waals surface area contributed by atoms with Gasteiger partial charge >= 0.3 is 10.5 Å².